The smallest absolute Gasteiger partial charge is 0.476 e. The van der Waals surface area contributed by atoms with Crippen molar-refractivity contribution in [1.29, 1.82) is 0 Å². The molecule has 1 atom stereocenters. The number of ether oxygens (including phenoxy) is 2. The van der Waals surface area contributed by atoms with Gasteiger partial charge in [-0.3, -0.25) is 0 Å². The molecule has 0 radical (unpaired) electrons. The molecular weight excluding hydrogens is 361 g/mol. The summed E-state index contributed by atoms with van der Waals surface area (Å²) in [4.78, 5) is 12.1. The first-order valence-electron chi connectivity index (χ1n) is 9.90. The first kappa shape index (κ1) is 21.0. The van der Waals surface area contributed by atoms with Crippen molar-refractivity contribution < 1.29 is 23.6 Å². The molecule has 1 aromatic rings. The molecule has 0 aliphatic carbocycles. The highest BCUT2D eigenvalue weighted by atomic mass is 16.7. The molecule has 3 heterocycles. The van der Waals surface area contributed by atoms with E-state index in [2.05, 4.69) is 10.4 Å². The van der Waals surface area contributed by atoms with Gasteiger partial charge in [0.2, 0.25) is 5.88 Å². The molecule has 8 nitrogen and oxygen atoms in total. The monoisotopic (exact) mass is 393 g/mol. The van der Waals surface area contributed by atoms with Gasteiger partial charge >= 0.3 is 13.2 Å². The third-order valence-corrected chi connectivity index (χ3v) is 5.38. The van der Waals surface area contributed by atoms with Crippen LogP contribution in [0.4, 0.5) is 4.79 Å². The van der Waals surface area contributed by atoms with E-state index in [1.807, 2.05) is 55.4 Å². The molecule has 1 fully saturated rings. The minimum Gasteiger partial charge on any atom is -0.476 e. The van der Waals surface area contributed by atoms with Crippen molar-refractivity contribution >= 4 is 18.7 Å². The average Bonchev–Trinajstić information content (AvgIpc) is 2.98. The number of carbonyl (C=O) groups excluding carboxylic acids is 1. The minimum atomic E-state index is -0.546. The van der Waals surface area contributed by atoms with E-state index < -0.39 is 30.0 Å². The molecule has 0 spiro atoms. The van der Waals surface area contributed by atoms with Gasteiger partial charge in [-0.05, 0) is 54.9 Å². The summed E-state index contributed by atoms with van der Waals surface area (Å²) < 4.78 is 25.5. The van der Waals surface area contributed by atoms with Crippen LogP contribution in [-0.4, -0.2) is 52.4 Å². The molecule has 1 aromatic heterocycles. The van der Waals surface area contributed by atoms with Crippen LogP contribution in [0.15, 0.2) is 0 Å². The van der Waals surface area contributed by atoms with Crippen molar-refractivity contribution in [2.24, 2.45) is 0 Å². The summed E-state index contributed by atoms with van der Waals surface area (Å²) in [6, 6.07) is -0.224. The van der Waals surface area contributed by atoms with Gasteiger partial charge in [0.15, 0.2) is 0 Å². The van der Waals surface area contributed by atoms with E-state index >= 15 is 0 Å². The van der Waals surface area contributed by atoms with E-state index in [1.165, 1.54) is 0 Å². The van der Waals surface area contributed by atoms with Gasteiger partial charge in [0.25, 0.3) is 0 Å². The SMILES string of the molecule is CCc1nn2c(c1B1OC(C)(C)C(C)(C)O1)OC[C@@H](NC(=O)OC(C)(C)C)C2. The molecular formula is C19H32BN3O5. The molecule has 2 aliphatic heterocycles. The van der Waals surface area contributed by atoms with Crippen LogP contribution in [0.3, 0.4) is 0 Å². The number of fused-ring (bicyclic) bond motifs is 1. The normalized spacial score (nSPS) is 23.1. The van der Waals surface area contributed by atoms with Crippen molar-refractivity contribution in [2.75, 3.05) is 6.61 Å². The van der Waals surface area contributed by atoms with E-state index in [9.17, 15) is 4.79 Å². The second-order valence-electron chi connectivity index (χ2n) is 9.44. The summed E-state index contributed by atoms with van der Waals surface area (Å²) in [7, 11) is -0.529. The van der Waals surface area contributed by atoms with Crippen LogP contribution in [0.5, 0.6) is 5.88 Å². The molecule has 0 aromatic carbocycles. The molecule has 1 saturated heterocycles. The van der Waals surface area contributed by atoms with Crippen LogP contribution in [0.25, 0.3) is 0 Å². The molecule has 28 heavy (non-hydrogen) atoms. The summed E-state index contributed by atoms with van der Waals surface area (Å²) in [6.07, 6.45) is 0.269. The Balaban J connectivity index is 1.78. The molecule has 0 unspecified atom stereocenters. The first-order valence-corrected chi connectivity index (χ1v) is 9.90. The van der Waals surface area contributed by atoms with Crippen molar-refractivity contribution in [3.8, 4) is 5.88 Å². The maximum absolute atomic E-state index is 12.1. The molecule has 9 heteroatoms. The standard InChI is InChI=1S/C19H32BN3O5/c1-9-13-14(20-27-18(5,6)19(7,8)28-20)15-23(22-13)10-12(11-25-15)21-16(24)26-17(2,3)4/h12H,9-11H2,1-8H3,(H,21,24)/t12-/m0/s1. The Morgan fingerprint density at radius 2 is 1.89 bits per heavy atom. The van der Waals surface area contributed by atoms with E-state index in [-0.39, 0.29) is 6.04 Å². The number of aromatic nitrogens is 2. The molecule has 0 saturated carbocycles. The number of rotatable bonds is 3. The second kappa shape index (κ2) is 6.95. The summed E-state index contributed by atoms with van der Waals surface area (Å²) in [5, 5.41) is 7.53. The van der Waals surface area contributed by atoms with Gasteiger partial charge in [0.05, 0.1) is 34.9 Å². The Labute approximate surface area is 167 Å². The van der Waals surface area contributed by atoms with Crippen LogP contribution < -0.4 is 15.5 Å². The van der Waals surface area contributed by atoms with Gasteiger partial charge in [0.1, 0.15) is 12.2 Å². The average molecular weight is 393 g/mol. The molecule has 3 rings (SSSR count). The van der Waals surface area contributed by atoms with Crippen molar-refractivity contribution in [2.45, 2.75) is 91.2 Å². The van der Waals surface area contributed by atoms with Gasteiger partial charge in [0, 0.05) is 0 Å². The van der Waals surface area contributed by atoms with E-state index in [0.29, 0.717) is 19.0 Å². The van der Waals surface area contributed by atoms with Crippen LogP contribution in [0.1, 0.15) is 61.1 Å². The first-order chi connectivity index (χ1) is 12.8. The highest BCUT2D eigenvalue weighted by Gasteiger charge is 2.54. The molecule has 0 bridgehead atoms. The largest absolute Gasteiger partial charge is 0.502 e. The Kier molecular flexibility index (Phi) is 5.21. The lowest BCUT2D eigenvalue weighted by Gasteiger charge is -2.32. The molecule has 1 N–H and O–H groups in total. The number of amides is 1. The fourth-order valence-electron chi connectivity index (χ4n) is 3.24. The topological polar surface area (TPSA) is 83.8 Å². The van der Waals surface area contributed by atoms with Crippen molar-refractivity contribution in [3.05, 3.63) is 5.69 Å². The summed E-state index contributed by atoms with van der Waals surface area (Å²) >= 11 is 0. The van der Waals surface area contributed by atoms with Gasteiger partial charge in [-0.1, -0.05) is 6.92 Å². The number of nitrogens with one attached hydrogen (secondary N) is 1. The van der Waals surface area contributed by atoms with Crippen molar-refractivity contribution in [3.63, 3.8) is 0 Å². The van der Waals surface area contributed by atoms with Crippen LogP contribution in [0.2, 0.25) is 0 Å². The highest BCUT2D eigenvalue weighted by molar-refractivity contribution is 6.63. The lowest BCUT2D eigenvalue weighted by atomic mass is 9.78. The van der Waals surface area contributed by atoms with Gasteiger partial charge in [-0.15, -0.1) is 0 Å². The zero-order valence-electron chi connectivity index (χ0n) is 18.2. The third kappa shape index (κ3) is 4.01. The van der Waals surface area contributed by atoms with Crippen LogP contribution in [-0.2, 0) is 27.0 Å². The van der Waals surface area contributed by atoms with E-state index in [4.69, 9.17) is 18.8 Å². The zero-order chi connectivity index (χ0) is 20.9. The second-order valence-corrected chi connectivity index (χ2v) is 9.44. The molecule has 156 valence electrons. The number of carbonyl (C=O) groups is 1. The van der Waals surface area contributed by atoms with Crippen molar-refractivity contribution in [1.82, 2.24) is 15.1 Å². The quantitative estimate of drug-likeness (QED) is 0.792. The fraction of sp³-hybridized carbons (Fsp3) is 0.789. The lowest BCUT2D eigenvalue weighted by molar-refractivity contribution is 0.00578. The predicted molar refractivity (Wildman–Crippen MR) is 106 cm³/mol. The maximum Gasteiger partial charge on any atom is 0.502 e. The number of hydrogen-bond acceptors (Lipinski definition) is 6. The number of hydrogen-bond donors (Lipinski definition) is 1. The van der Waals surface area contributed by atoms with Gasteiger partial charge in [-0.25, -0.2) is 9.48 Å². The lowest BCUT2D eigenvalue weighted by Crippen LogP contribution is -2.47. The third-order valence-electron chi connectivity index (χ3n) is 5.38. The van der Waals surface area contributed by atoms with E-state index in [0.717, 1.165) is 17.6 Å². The minimum absolute atomic E-state index is 0.224. The Bertz CT molecular complexity index is 737. The Morgan fingerprint density at radius 3 is 2.43 bits per heavy atom. The van der Waals surface area contributed by atoms with Crippen LogP contribution in [0, 0.1) is 0 Å². The van der Waals surface area contributed by atoms with Gasteiger partial charge in [-0.2, -0.15) is 5.10 Å². The molecule has 2 aliphatic rings. The Morgan fingerprint density at radius 1 is 1.29 bits per heavy atom. The van der Waals surface area contributed by atoms with Gasteiger partial charge < -0.3 is 24.1 Å². The predicted octanol–water partition coefficient (Wildman–Crippen LogP) is 2.03. The summed E-state index contributed by atoms with van der Waals surface area (Å²) in [5.41, 5.74) is 0.304. The maximum atomic E-state index is 12.1. The number of aryl methyl sites for hydroxylation is 1. The summed E-state index contributed by atoms with van der Waals surface area (Å²) in [5.74, 6) is 0.651. The summed E-state index contributed by atoms with van der Waals surface area (Å²) in [6.45, 7) is 16.5. The number of alkyl carbamates (subject to hydrolysis) is 1. The zero-order valence-corrected chi connectivity index (χ0v) is 18.2. The number of nitrogens with zero attached hydrogens (tertiary/aromatic N) is 2. The fourth-order valence-corrected chi connectivity index (χ4v) is 3.24. The van der Waals surface area contributed by atoms with Crippen LogP contribution >= 0.6 is 0 Å². The molecule has 1 amide bonds. The highest BCUT2D eigenvalue weighted by Crippen LogP contribution is 2.37. The Hall–Kier alpha value is -1.74. The van der Waals surface area contributed by atoms with E-state index in [1.54, 1.807) is 4.68 Å².